The molecule has 2 heteroatoms. The molecular weight excluding hydrogens is 201 g/mol. The van der Waals surface area contributed by atoms with Crippen molar-refractivity contribution in [1.29, 1.82) is 0 Å². The van der Waals surface area contributed by atoms with Crippen molar-refractivity contribution in [3.8, 4) is 12.3 Å². The zero-order valence-corrected chi connectivity index (χ0v) is 9.75. The third-order valence-corrected chi connectivity index (χ3v) is 2.69. The lowest BCUT2D eigenvalue weighted by Crippen LogP contribution is -2.09. The highest BCUT2D eigenvalue weighted by Crippen LogP contribution is 2.20. The summed E-state index contributed by atoms with van der Waals surface area (Å²) >= 11 is 0. The van der Waals surface area contributed by atoms with Crippen LogP contribution in [-0.2, 0) is 0 Å². The number of allylic oxidation sites excluding steroid dienone is 4. The van der Waals surface area contributed by atoms with E-state index >= 15 is 0 Å². The smallest absolute Gasteiger partial charge is 0.172 e. The van der Waals surface area contributed by atoms with Crippen molar-refractivity contribution in [2.45, 2.75) is 45.1 Å². The first kappa shape index (κ1) is 12.7. The van der Waals surface area contributed by atoms with Crippen molar-refractivity contribution >= 4 is 6.21 Å². The summed E-state index contributed by atoms with van der Waals surface area (Å²) in [6.45, 7) is 1.90. The highest BCUT2D eigenvalue weighted by atomic mass is 19.1. The van der Waals surface area contributed by atoms with Gasteiger partial charge in [0, 0.05) is 12.3 Å². The molecule has 0 amide bonds. The molecule has 0 atom stereocenters. The van der Waals surface area contributed by atoms with Gasteiger partial charge in [-0.15, -0.1) is 6.42 Å². The van der Waals surface area contributed by atoms with Crippen LogP contribution in [0, 0.1) is 12.3 Å². The van der Waals surface area contributed by atoms with E-state index in [1.54, 1.807) is 6.08 Å². The Bertz CT molecular complexity index is 338. The molecule has 16 heavy (non-hydrogen) atoms. The van der Waals surface area contributed by atoms with Crippen LogP contribution >= 0.6 is 0 Å². The van der Waals surface area contributed by atoms with E-state index in [0.717, 1.165) is 5.57 Å². The van der Waals surface area contributed by atoms with Crippen molar-refractivity contribution in [1.82, 2.24) is 0 Å². The first-order valence-corrected chi connectivity index (χ1v) is 5.76. The minimum atomic E-state index is -0.551. The van der Waals surface area contributed by atoms with Crippen LogP contribution in [0.1, 0.15) is 39.0 Å². The summed E-state index contributed by atoms with van der Waals surface area (Å²) in [7, 11) is 0. The monoisotopic (exact) mass is 219 g/mol. The number of hydrogen-bond donors (Lipinski definition) is 0. The van der Waals surface area contributed by atoms with Gasteiger partial charge < -0.3 is 0 Å². The van der Waals surface area contributed by atoms with Gasteiger partial charge >= 0.3 is 0 Å². The van der Waals surface area contributed by atoms with Crippen molar-refractivity contribution in [2.75, 3.05) is 0 Å². The number of nitrogens with zero attached hydrogens (tertiary/aromatic N) is 1. The van der Waals surface area contributed by atoms with Crippen LogP contribution in [0.3, 0.4) is 0 Å². The fourth-order valence-corrected chi connectivity index (χ4v) is 1.75. The molecular formula is C14H18FN. The van der Waals surface area contributed by atoms with Gasteiger partial charge in [0.25, 0.3) is 0 Å². The minimum Gasteiger partial charge on any atom is -0.290 e. The Labute approximate surface area is 97.2 Å². The van der Waals surface area contributed by atoms with E-state index in [9.17, 15) is 4.39 Å². The maximum atomic E-state index is 12.6. The van der Waals surface area contributed by atoms with Gasteiger partial charge in [0.1, 0.15) is 0 Å². The highest BCUT2D eigenvalue weighted by Gasteiger charge is 2.10. The molecule has 1 rings (SSSR count). The summed E-state index contributed by atoms with van der Waals surface area (Å²) in [5, 5.41) is 0. The van der Waals surface area contributed by atoms with E-state index in [0.29, 0.717) is 6.04 Å². The molecule has 1 saturated carbocycles. The lowest BCUT2D eigenvalue weighted by molar-refractivity contribution is 0.444. The first-order valence-electron chi connectivity index (χ1n) is 5.76. The van der Waals surface area contributed by atoms with Crippen LogP contribution in [0.5, 0.6) is 0 Å². The molecule has 0 aromatic carbocycles. The Morgan fingerprint density at radius 2 is 2.00 bits per heavy atom. The van der Waals surface area contributed by atoms with Gasteiger partial charge in [-0.25, -0.2) is 0 Å². The molecule has 0 saturated heterocycles. The van der Waals surface area contributed by atoms with E-state index < -0.39 is 5.83 Å². The quantitative estimate of drug-likeness (QED) is 0.388. The van der Waals surface area contributed by atoms with Crippen LogP contribution in [0.25, 0.3) is 0 Å². The summed E-state index contributed by atoms with van der Waals surface area (Å²) in [4.78, 5) is 4.49. The van der Waals surface area contributed by atoms with Gasteiger partial charge in [-0.2, -0.15) is 4.39 Å². The van der Waals surface area contributed by atoms with Gasteiger partial charge in [0.2, 0.25) is 0 Å². The normalized spacial score (nSPS) is 20.1. The summed E-state index contributed by atoms with van der Waals surface area (Å²) in [5.74, 6) is 1.38. The maximum absolute atomic E-state index is 12.6. The van der Waals surface area contributed by atoms with E-state index in [1.165, 1.54) is 38.2 Å². The van der Waals surface area contributed by atoms with Gasteiger partial charge in [0.15, 0.2) is 5.83 Å². The molecule has 0 N–H and O–H groups in total. The molecule has 0 aromatic rings. The van der Waals surface area contributed by atoms with Gasteiger partial charge in [-0.3, -0.25) is 4.99 Å². The molecule has 0 heterocycles. The van der Waals surface area contributed by atoms with Crippen molar-refractivity contribution in [2.24, 2.45) is 4.99 Å². The zero-order chi connectivity index (χ0) is 11.8. The summed E-state index contributed by atoms with van der Waals surface area (Å²) in [5.41, 5.74) is 0.927. The molecule has 1 aliphatic carbocycles. The van der Waals surface area contributed by atoms with Crippen LogP contribution in [0.15, 0.2) is 28.5 Å². The van der Waals surface area contributed by atoms with Crippen LogP contribution < -0.4 is 0 Å². The lowest BCUT2D eigenvalue weighted by atomic mass is 9.96. The third-order valence-electron chi connectivity index (χ3n) is 2.69. The highest BCUT2D eigenvalue weighted by molar-refractivity contribution is 5.78. The number of rotatable bonds is 3. The Kier molecular flexibility index (Phi) is 5.56. The zero-order valence-electron chi connectivity index (χ0n) is 9.75. The molecule has 86 valence electrons. The Morgan fingerprint density at radius 3 is 2.62 bits per heavy atom. The molecule has 1 nitrogen and oxygen atoms in total. The Balaban J connectivity index is 2.46. The second-order valence-electron chi connectivity index (χ2n) is 4.14. The second kappa shape index (κ2) is 7.00. The fourth-order valence-electron chi connectivity index (χ4n) is 1.75. The number of terminal acetylenes is 1. The molecule has 1 fully saturated rings. The summed E-state index contributed by atoms with van der Waals surface area (Å²) in [6.07, 6.45) is 15.9. The second-order valence-corrected chi connectivity index (χ2v) is 4.14. The van der Waals surface area contributed by atoms with Gasteiger partial charge in [-0.05, 0) is 37.3 Å². The predicted octanol–water partition coefficient (Wildman–Crippen LogP) is 3.82. The molecule has 0 radical (unpaired) electrons. The number of halogens is 1. The van der Waals surface area contributed by atoms with E-state index in [2.05, 4.69) is 4.99 Å². The Morgan fingerprint density at radius 1 is 1.31 bits per heavy atom. The van der Waals surface area contributed by atoms with Crippen molar-refractivity contribution < 1.29 is 4.39 Å². The predicted molar refractivity (Wildman–Crippen MR) is 67.1 cm³/mol. The summed E-state index contributed by atoms with van der Waals surface area (Å²) < 4.78 is 12.6. The average Bonchev–Trinajstić information content (AvgIpc) is 2.34. The topological polar surface area (TPSA) is 12.4 Å². The number of hydrogen-bond acceptors (Lipinski definition) is 1. The third kappa shape index (κ3) is 4.93. The molecule has 0 aliphatic heterocycles. The Hall–Kier alpha value is -1.36. The first-order chi connectivity index (χ1) is 7.72. The van der Waals surface area contributed by atoms with Crippen molar-refractivity contribution in [3.05, 3.63) is 23.6 Å². The number of aliphatic imine (C=N–C) groups is 1. The van der Waals surface area contributed by atoms with Crippen LogP contribution in [0.4, 0.5) is 4.39 Å². The van der Waals surface area contributed by atoms with Crippen LogP contribution in [-0.4, -0.2) is 12.3 Å². The van der Waals surface area contributed by atoms with Gasteiger partial charge in [0.05, 0.1) is 0 Å². The van der Waals surface area contributed by atoms with E-state index in [-0.39, 0.29) is 0 Å². The SMILES string of the molecule is C#C/C(F)=C\C=C(/C)C=NC1CCCCC1. The standard InChI is InChI=1S/C14H18FN/c1-3-13(15)10-9-12(2)11-16-14-7-5-4-6-8-14/h1,9-11,14H,4-8H2,2H3/b12-9+,13-10+,16-11?. The summed E-state index contributed by atoms with van der Waals surface area (Å²) in [6, 6.07) is 0.457. The van der Waals surface area contributed by atoms with Crippen molar-refractivity contribution in [3.63, 3.8) is 0 Å². The maximum Gasteiger partial charge on any atom is 0.172 e. The van der Waals surface area contributed by atoms with E-state index in [4.69, 9.17) is 6.42 Å². The molecule has 0 aromatic heterocycles. The van der Waals surface area contributed by atoms with Crippen LogP contribution in [0.2, 0.25) is 0 Å². The molecule has 1 aliphatic rings. The molecule has 0 spiro atoms. The molecule has 0 bridgehead atoms. The fraction of sp³-hybridized carbons (Fsp3) is 0.500. The lowest BCUT2D eigenvalue weighted by Gasteiger charge is -2.17. The minimum absolute atomic E-state index is 0.457. The van der Waals surface area contributed by atoms with E-state index in [1.807, 2.05) is 19.1 Å². The molecule has 0 unspecified atom stereocenters. The average molecular weight is 219 g/mol. The van der Waals surface area contributed by atoms with Gasteiger partial charge in [-0.1, -0.05) is 25.3 Å². The largest absolute Gasteiger partial charge is 0.290 e.